The number of aliphatic hydroxyl groups is 1. The Morgan fingerprint density at radius 3 is 2.88 bits per heavy atom. The molecule has 0 aliphatic carbocycles. The minimum Gasteiger partial charge on any atom is -0.389 e. The van der Waals surface area contributed by atoms with Gasteiger partial charge in [-0.25, -0.2) is 0 Å². The normalized spacial score (nSPS) is 14.8. The molecule has 1 aromatic rings. The minimum atomic E-state index is -0.727. The summed E-state index contributed by atoms with van der Waals surface area (Å²) in [5.41, 5.74) is 4.72. The third-order valence-corrected chi connectivity index (χ3v) is 3.68. The Labute approximate surface area is 106 Å². The summed E-state index contributed by atoms with van der Waals surface area (Å²) < 4.78 is 0. The molecule has 0 aliphatic heterocycles. The number of rotatable bonds is 6. The van der Waals surface area contributed by atoms with Crippen LogP contribution in [0.25, 0.3) is 0 Å². The van der Waals surface area contributed by atoms with Crippen LogP contribution in [0.5, 0.6) is 0 Å². The van der Waals surface area contributed by atoms with Crippen molar-refractivity contribution in [3.63, 3.8) is 0 Å². The Balaban J connectivity index is 2.26. The molecule has 3 N–H and O–H groups in total. The van der Waals surface area contributed by atoms with Crippen LogP contribution in [-0.2, 0) is 0 Å². The van der Waals surface area contributed by atoms with Gasteiger partial charge in [-0.3, -0.25) is 0 Å². The Morgan fingerprint density at radius 2 is 2.25 bits per heavy atom. The van der Waals surface area contributed by atoms with E-state index in [9.17, 15) is 5.11 Å². The van der Waals surface area contributed by atoms with Crippen molar-refractivity contribution in [2.45, 2.75) is 30.3 Å². The SMILES string of the molecule is CC(O)(CN)CCCSc1cccc(Cl)c1. The van der Waals surface area contributed by atoms with Gasteiger partial charge in [0.1, 0.15) is 0 Å². The van der Waals surface area contributed by atoms with E-state index in [0.717, 1.165) is 23.6 Å². The smallest absolute Gasteiger partial charge is 0.0741 e. The van der Waals surface area contributed by atoms with E-state index >= 15 is 0 Å². The molecule has 1 rings (SSSR count). The lowest BCUT2D eigenvalue weighted by molar-refractivity contribution is 0.0596. The fraction of sp³-hybridized carbons (Fsp3) is 0.500. The zero-order valence-corrected chi connectivity index (χ0v) is 11.0. The second-order valence-corrected chi connectivity index (χ2v) is 5.72. The minimum absolute atomic E-state index is 0.314. The molecule has 90 valence electrons. The van der Waals surface area contributed by atoms with Crippen LogP contribution in [0.15, 0.2) is 29.2 Å². The van der Waals surface area contributed by atoms with Gasteiger partial charge in [0.25, 0.3) is 0 Å². The maximum atomic E-state index is 9.71. The lowest BCUT2D eigenvalue weighted by atomic mass is 10.0. The highest BCUT2D eigenvalue weighted by atomic mass is 35.5. The quantitative estimate of drug-likeness (QED) is 0.610. The maximum absolute atomic E-state index is 9.71. The third kappa shape index (κ3) is 5.21. The highest BCUT2D eigenvalue weighted by Gasteiger charge is 2.16. The lowest BCUT2D eigenvalue weighted by Crippen LogP contribution is -2.34. The molecule has 0 bridgehead atoms. The first-order chi connectivity index (χ1) is 7.53. The van der Waals surface area contributed by atoms with E-state index in [-0.39, 0.29) is 0 Å². The molecule has 0 saturated carbocycles. The fourth-order valence-electron chi connectivity index (χ4n) is 1.30. The van der Waals surface area contributed by atoms with Gasteiger partial charge in [0.05, 0.1) is 5.60 Å². The van der Waals surface area contributed by atoms with Crippen molar-refractivity contribution in [1.82, 2.24) is 0 Å². The molecule has 4 heteroatoms. The van der Waals surface area contributed by atoms with Crippen molar-refractivity contribution in [2.75, 3.05) is 12.3 Å². The van der Waals surface area contributed by atoms with Crippen LogP contribution in [0.2, 0.25) is 5.02 Å². The summed E-state index contributed by atoms with van der Waals surface area (Å²) in [7, 11) is 0. The Hall–Kier alpha value is -0.220. The molecule has 1 aromatic carbocycles. The monoisotopic (exact) mass is 259 g/mol. The molecule has 0 heterocycles. The first-order valence-corrected chi connectivity index (χ1v) is 6.71. The molecule has 0 saturated heterocycles. The van der Waals surface area contributed by atoms with Crippen molar-refractivity contribution in [3.8, 4) is 0 Å². The van der Waals surface area contributed by atoms with Crippen molar-refractivity contribution in [3.05, 3.63) is 29.3 Å². The average Bonchev–Trinajstić information content (AvgIpc) is 2.25. The molecule has 1 atom stereocenters. The molecular weight excluding hydrogens is 242 g/mol. The molecule has 0 radical (unpaired) electrons. The molecule has 0 fully saturated rings. The summed E-state index contributed by atoms with van der Waals surface area (Å²) in [6.07, 6.45) is 1.68. The van der Waals surface area contributed by atoms with Crippen molar-refractivity contribution < 1.29 is 5.11 Å². The van der Waals surface area contributed by atoms with Crippen LogP contribution >= 0.6 is 23.4 Å². The van der Waals surface area contributed by atoms with Gasteiger partial charge in [-0.2, -0.15) is 0 Å². The predicted octanol–water partition coefficient (Wildman–Crippen LogP) is 2.92. The molecular formula is C12H18ClNOS. The van der Waals surface area contributed by atoms with Crippen molar-refractivity contribution >= 4 is 23.4 Å². The number of hydrogen-bond donors (Lipinski definition) is 2. The van der Waals surface area contributed by atoms with Crippen molar-refractivity contribution in [2.24, 2.45) is 5.73 Å². The van der Waals surface area contributed by atoms with Crippen LogP contribution in [0.4, 0.5) is 0 Å². The highest BCUT2D eigenvalue weighted by Crippen LogP contribution is 2.23. The van der Waals surface area contributed by atoms with Crippen LogP contribution in [0.3, 0.4) is 0 Å². The van der Waals surface area contributed by atoms with Gasteiger partial charge in [-0.15, -0.1) is 11.8 Å². The zero-order chi connectivity index (χ0) is 12.0. The van der Waals surface area contributed by atoms with E-state index in [4.69, 9.17) is 17.3 Å². The molecule has 16 heavy (non-hydrogen) atoms. The molecule has 2 nitrogen and oxygen atoms in total. The second kappa shape index (κ2) is 6.50. The summed E-state index contributed by atoms with van der Waals surface area (Å²) >= 11 is 7.63. The van der Waals surface area contributed by atoms with E-state index < -0.39 is 5.60 Å². The average molecular weight is 260 g/mol. The molecule has 1 unspecified atom stereocenters. The van der Waals surface area contributed by atoms with Gasteiger partial charge in [0.15, 0.2) is 0 Å². The summed E-state index contributed by atoms with van der Waals surface area (Å²) in [5.74, 6) is 0.969. The zero-order valence-electron chi connectivity index (χ0n) is 9.45. The van der Waals surface area contributed by atoms with Crippen LogP contribution in [0.1, 0.15) is 19.8 Å². The first kappa shape index (κ1) is 13.8. The molecule has 0 amide bonds. The van der Waals surface area contributed by atoms with E-state index in [1.54, 1.807) is 18.7 Å². The number of benzene rings is 1. The van der Waals surface area contributed by atoms with Gasteiger partial charge in [-0.05, 0) is 43.7 Å². The van der Waals surface area contributed by atoms with E-state index in [1.807, 2.05) is 24.3 Å². The molecule has 0 spiro atoms. The van der Waals surface area contributed by atoms with E-state index in [0.29, 0.717) is 6.54 Å². The van der Waals surface area contributed by atoms with Crippen LogP contribution in [-0.4, -0.2) is 23.0 Å². The molecule has 0 aromatic heterocycles. The number of halogens is 1. The topological polar surface area (TPSA) is 46.2 Å². The Bertz CT molecular complexity index is 331. The van der Waals surface area contributed by atoms with Gasteiger partial charge in [-0.1, -0.05) is 17.7 Å². The van der Waals surface area contributed by atoms with E-state index in [1.165, 1.54) is 4.90 Å². The fourth-order valence-corrected chi connectivity index (χ4v) is 2.47. The predicted molar refractivity (Wildman–Crippen MR) is 71.1 cm³/mol. The lowest BCUT2D eigenvalue weighted by Gasteiger charge is -2.20. The summed E-state index contributed by atoms with van der Waals surface area (Å²) in [5, 5.41) is 10.5. The first-order valence-electron chi connectivity index (χ1n) is 5.34. The highest BCUT2D eigenvalue weighted by molar-refractivity contribution is 7.99. The standard InChI is InChI=1S/C12H18ClNOS/c1-12(15,9-14)6-3-7-16-11-5-2-4-10(13)8-11/h2,4-5,8,15H,3,6-7,9,14H2,1H3. The number of hydrogen-bond acceptors (Lipinski definition) is 3. The summed E-state index contributed by atoms with van der Waals surface area (Å²) in [4.78, 5) is 1.17. The summed E-state index contributed by atoms with van der Waals surface area (Å²) in [6, 6.07) is 7.80. The van der Waals surface area contributed by atoms with Gasteiger partial charge >= 0.3 is 0 Å². The number of nitrogens with two attached hydrogens (primary N) is 1. The Kier molecular flexibility index (Phi) is 5.62. The second-order valence-electron chi connectivity index (χ2n) is 4.11. The van der Waals surface area contributed by atoms with Crippen LogP contribution < -0.4 is 5.73 Å². The van der Waals surface area contributed by atoms with Crippen LogP contribution in [0, 0.1) is 0 Å². The number of thioether (sulfide) groups is 1. The maximum Gasteiger partial charge on any atom is 0.0741 e. The molecule has 0 aliphatic rings. The van der Waals surface area contributed by atoms with E-state index in [2.05, 4.69) is 0 Å². The third-order valence-electron chi connectivity index (χ3n) is 2.36. The van der Waals surface area contributed by atoms with Gasteiger partial charge < -0.3 is 10.8 Å². The van der Waals surface area contributed by atoms with Crippen molar-refractivity contribution in [1.29, 1.82) is 0 Å². The largest absolute Gasteiger partial charge is 0.389 e. The Morgan fingerprint density at radius 1 is 1.50 bits per heavy atom. The summed E-state index contributed by atoms with van der Waals surface area (Å²) in [6.45, 7) is 2.09. The van der Waals surface area contributed by atoms with Gasteiger partial charge in [0, 0.05) is 16.5 Å². The van der Waals surface area contributed by atoms with Gasteiger partial charge in [0.2, 0.25) is 0 Å².